The molecule has 1 heterocycles. The number of nitrogens with zero attached hydrogens (tertiary/aromatic N) is 2. The van der Waals surface area contributed by atoms with E-state index in [1.807, 2.05) is 30.3 Å². The van der Waals surface area contributed by atoms with Crippen molar-refractivity contribution in [3.05, 3.63) is 76.8 Å². The van der Waals surface area contributed by atoms with E-state index in [4.69, 9.17) is 4.74 Å². The van der Waals surface area contributed by atoms with E-state index in [0.29, 0.717) is 5.69 Å². The van der Waals surface area contributed by atoms with E-state index in [0.717, 1.165) is 28.4 Å². The number of hydrogen-bond donors (Lipinski definition) is 1. The van der Waals surface area contributed by atoms with Crippen LogP contribution in [0.1, 0.15) is 6.92 Å². The molecule has 0 radical (unpaired) electrons. The van der Waals surface area contributed by atoms with Crippen LogP contribution in [0, 0.1) is 10.1 Å². The summed E-state index contributed by atoms with van der Waals surface area (Å²) in [6, 6.07) is 19.2. The number of benzene rings is 3. The second-order valence-electron chi connectivity index (χ2n) is 6.26. The van der Waals surface area contributed by atoms with E-state index in [9.17, 15) is 14.9 Å². The monoisotopic (exact) mass is 375 g/mol. The minimum atomic E-state index is -0.660. The van der Waals surface area contributed by atoms with Crippen LogP contribution < -0.4 is 10.1 Å². The number of nitrogens with one attached hydrogen (secondary N) is 1. The fourth-order valence-corrected chi connectivity index (χ4v) is 3.36. The maximum Gasteiger partial charge on any atom is 0.417 e. The fraction of sp³-hybridized carbons (Fsp3) is 0.0952. The summed E-state index contributed by atoms with van der Waals surface area (Å²) >= 11 is 0. The van der Waals surface area contributed by atoms with Gasteiger partial charge in [0.15, 0.2) is 0 Å². The van der Waals surface area contributed by atoms with Crippen molar-refractivity contribution in [1.29, 1.82) is 0 Å². The Labute approximate surface area is 160 Å². The van der Waals surface area contributed by atoms with Gasteiger partial charge in [-0.25, -0.2) is 4.79 Å². The number of fused-ring (bicyclic) bond motifs is 3. The van der Waals surface area contributed by atoms with Crippen LogP contribution in [0.5, 0.6) is 5.75 Å². The molecule has 140 valence electrons. The number of para-hydroxylation sites is 1. The summed E-state index contributed by atoms with van der Waals surface area (Å²) in [6.07, 6.45) is -0.660. The quantitative estimate of drug-likeness (QED) is 0.386. The molecule has 7 nitrogen and oxygen atoms in total. The average molecular weight is 375 g/mol. The molecule has 1 amide bonds. The number of ether oxygens (including phenoxy) is 1. The first-order chi connectivity index (χ1) is 13.6. The SMILES string of the molecule is CCn1c2ccccc2c2cc(NC(=O)Oc3ccc([N+](=O)[O-])cc3)ccc21. The molecule has 0 atom stereocenters. The lowest BCUT2D eigenvalue weighted by atomic mass is 10.1. The second kappa shape index (κ2) is 7.03. The van der Waals surface area contributed by atoms with Crippen molar-refractivity contribution in [3.8, 4) is 5.75 Å². The highest BCUT2D eigenvalue weighted by Gasteiger charge is 2.12. The number of carbonyl (C=O) groups excluding carboxylic acids is 1. The Morgan fingerprint density at radius 1 is 1.04 bits per heavy atom. The van der Waals surface area contributed by atoms with Gasteiger partial charge in [0.05, 0.1) is 4.92 Å². The van der Waals surface area contributed by atoms with E-state index < -0.39 is 11.0 Å². The Balaban J connectivity index is 1.58. The standard InChI is InChI=1S/C21H17N3O4/c1-2-23-19-6-4-3-5-17(19)18-13-14(7-12-20(18)23)22-21(25)28-16-10-8-15(9-11-16)24(26)27/h3-13H,2H2,1H3,(H,22,25). The van der Waals surface area contributed by atoms with E-state index in [-0.39, 0.29) is 11.4 Å². The van der Waals surface area contributed by atoms with Gasteiger partial charge in [-0.15, -0.1) is 0 Å². The zero-order valence-corrected chi connectivity index (χ0v) is 15.1. The zero-order valence-electron chi connectivity index (χ0n) is 15.1. The summed E-state index contributed by atoms with van der Waals surface area (Å²) in [5, 5.41) is 15.6. The van der Waals surface area contributed by atoms with E-state index in [2.05, 4.69) is 28.9 Å². The highest BCUT2D eigenvalue weighted by molar-refractivity contribution is 6.09. The number of amides is 1. The summed E-state index contributed by atoms with van der Waals surface area (Å²) in [5.41, 5.74) is 2.78. The number of aryl methyl sites for hydroxylation is 1. The van der Waals surface area contributed by atoms with Gasteiger partial charge in [-0.05, 0) is 43.3 Å². The second-order valence-corrected chi connectivity index (χ2v) is 6.26. The van der Waals surface area contributed by atoms with Gasteiger partial charge in [0.25, 0.3) is 5.69 Å². The van der Waals surface area contributed by atoms with Crippen LogP contribution in [0.3, 0.4) is 0 Å². The molecule has 28 heavy (non-hydrogen) atoms. The van der Waals surface area contributed by atoms with Gasteiger partial charge in [0.2, 0.25) is 0 Å². The normalized spacial score (nSPS) is 10.9. The van der Waals surface area contributed by atoms with Gasteiger partial charge >= 0.3 is 6.09 Å². The molecule has 0 unspecified atom stereocenters. The number of aromatic nitrogens is 1. The van der Waals surface area contributed by atoms with Gasteiger partial charge in [-0.3, -0.25) is 15.4 Å². The van der Waals surface area contributed by atoms with Gasteiger partial charge in [0.1, 0.15) is 5.75 Å². The van der Waals surface area contributed by atoms with Crippen molar-refractivity contribution in [2.75, 3.05) is 5.32 Å². The van der Waals surface area contributed by atoms with Gasteiger partial charge in [-0.2, -0.15) is 0 Å². The third-order valence-corrected chi connectivity index (χ3v) is 4.59. The van der Waals surface area contributed by atoms with Gasteiger partial charge < -0.3 is 9.30 Å². The molecular weight excluding hydrogens is 358 g/mol. The Morgan fingerprint density at radius 2 is 1.75 bits per heavy atom. The van der Waals surface area contributed by atoms with Crippen LogP contribution in [0.25, 0.3) is 21.8 Å². The smallest absolute Gasteiger partial charge is 0.410 e. The maximum atomic E-state index is 12.2. The number of nitro benzene ring substituents is 1. The largest absolute Gasteiger partial charge is 0.417 e. The van der Waals surface area contributed by atoms with Crippen molar-refractivity contribution in [2.24, 2.45) is 0 Å². The number of hydrogen-bond acceptors (Lipinski definition) is 4. The van der Waals surface area contributed by atoms with Crippen LogP contribution in [-0.4, -0.2) is 15.6 Å². The molecule has 1 N–H and O–H groups in total. The third-order valence-electron chi connectivity index (χ3n) is 4.59. The van der Waals surface area contributed by atoms with Crippen LogP contribution >= 0.6 is 0 Å². The third kappa shape index (κ3) is 3.14. The Morgan fingerprint density at radius 3 is 2.46 bits per heavy atom. The summed E-state index contributed by atoms with van der Waals surface area (Å²) in [7, 11) is 0. The lowest BCUT2D eigenvalue weighted by Crippen LogP contribution is -2.16. The minimum Gasteiger partial charge on any atom is -0.410 e. The molecule has 3 aromatic carbocycles. The van der Waals surface area contributed by atoms with E-state index in [1.165, 1.54) is 24.3 Å². The lowest BCUT2D eigenvalue weighted by Gasteiger charge is -2.07. The number of non-ortho nitro benzene ring substituents is 1. The minimum absolute atomic E-state index is 0.0643. The zero-order chi connectivity index (χ0) is 19.7. The molecule has 0 fully saturated rings. The highest BCUT2D eigenvalue weighted by atomic mass is 16.6. The van der Waals surface area contributed by atoms with E-state index >= 15 is 0 Å². The molecule has 4 rings (SSSR count). The first kappa shape index (κ1) is 17.5. The summed E-state index contributed by atoms with van der Waals surface area (Å²) < 4.78 is 7.43. The Kier molecular flexibility index (Phi) is 4.41. The lowest BCUT2D eigenvalue weighted by molar-refractivity contribution is -0.384. The molecule has 0 spiro atoms. The number of carbonyl (C=O) groups is 1. The predicted molar refractivity (Wildman–Crippen MR) is 108 cm³/mol. The maximum absolute atomic E-state index is 12.2. The van der Waals surface area contributed by atoms with Gasteiger partial charge in [-0.1, -0.05) is 18.2 Å². The predicted octanol–water partition coefficient (Wildman–Crippen LogP) is 5.33. The number of rotatable bonds is 4. The molecule has 0 saturated heterocycles. The molecule has 7 heteroatoms. The Hall–Kier alpha value is -3.87. The number of nitro groups is 1. The van der Waals surface area contributed by atoms with Gasteiger partial charge in [0, 0.05) is 46.2 Å². The highest BCUT2D eigenvalue weighted by Crippen LogP contribution is 2.31. The molecule has 4 aromatic rings. The first-order valence-electron chi connectivity index (χ1n) is 8.81. The number of anilines is 1. The van der Waals surface area contributed by atoms with Crippen molar-refractivity contribution in [2.45, 2.75) is 13.5 Å². The van der Waals surface area contributed by atoms with Crippen molar-refractivity contribution in [3.63, 3.8) is 0 Å². The van der Waals surface area contributed by atoms with Crippen molar-refractivity contribution in [1.82, 2.24) is 4.57 Å². The van der Waals surface area contributed by atoms with Crippen molar-refractivity contribution >= 4 is 39.3 Å². The molecule has 0 aliphatic rings. The molecule has 0 aliphatic carbocycles. The summed E-state index contributed by atoms with van der Waals surface area (Å²) in [5.74, 6) is 0.228. The van der Waals surface area contributed by atoms with Crippen molar-refractivity contribution < 1.29 is 14.5 Å². The molecule has 0 bridgehead atoms. The molecule has 1 aromatic heterocycles. The molecule has 0 saturated carbocycles. The fourth-order valence-electron chi connectivity index (χ4n) is 3.36. The van der Waals surface area contributed by atoms with E-state index in [1.54, 1.807) is 0 Å². The average Bonchev–Trinajstić information content (AvgIpc) is 3.01. The Bertz CT molecular complexity index is 1200. The molecule has 0 aliphatic heterocycles. The van der Waals surface area contributed by atoms with Crippen LogP contribution in [0.2, 0.25) is 0 Å². The van der Waals surface area contributed by atoms with Crippen LogP contribution in [0.15, 0.2) is 66.7 Å². The van der Waals surface area contributed by atoms with Crippen LogP contribution in [-0.2, 0) is 6.54 Å². The molecular formula is C21H17N3O4. The van der Waals surface area contributed by atoms with Crippen LogP contribution in [0.4, 0.5) is 16.2 Å². The summed E-state index contributed by atoms with van der Waals surface area (Å²) in [6.45, 7) is 2.94. The topological polar surface area (TPSA) is 86.4 Å². The first-order valence-corrected chi connectivity index (χ1v) is 8.81. The summed E-state index contributed by atoms with van der Waals surface area (Å²) in [4.78, 5) is 22.4.